The van der Waals surface area contributed by atoms with E-state index < -0.39 is 76.1 Å². The summed E-state index contributed by atoms with van der Waals surface area (Å²) in [5, 5.41) is 67.0. The lowest BCUT2D eigenvalue weighted by molar-refractivity contribution is -0.0659. The van der Waals surface area contributed by atoms with Crippen molar-refractivity contribution in [3.8, 4) is 0 Å². The smallest absolute Gasteiger partial charge is 0.230 e. The molecule has 6 aromatic rings. The molecule has 0 heterocycles. The average Bonchev–Trinajstić information content (AvgIpc) is 3.39. The third-order valence-corrected chi connectivity index (χ3v) is 20.1. The largest absolute Gasteiger partial charge is 0.394 e. The number of nitrogens with zero attached hydrogens (tertiary/aromatic N) is 2. The van der Waals surface area contributed by atoms with Crippen molar-refractivity contribution in [2.75, 3.05) is 52.7 Å². The van der Waals surface area contributed by atoms with Crippen LogP contribution in [0.1, 0.15) is 71.6 Å². The molecule has 0 aliphatic rings. The van der Waals surface area contributed by atoms with E-state index in [2.05, 4.69) is 0 Å². The molecule has 0 amide bonds. The highest BCUT2D eigenvalue weighted by atomic mass is 31.2. The quantitative estimate of drug-likeness (QED) is 0.0390. The number of aliphatic hydroxyl groups is 6. The highest BCUT2D eigenvalue weighted by Gasteiger charge is 2.42. The minimum Gasteiger partial charge on any atom is -0.394 e. The van der Waals surface area contributed by atoms with Gasteiger partial charge < -0.3 is 39.8 Å². The zero-order chi connectivity index (χ0) is 51.7. The molecule has 0 aliphatic carbocycles. The molecule has 0 radical (unpaired) electrons. The predicted molar refractivity (Wildman–Crippen MR) is 283 cm³/mol. The van der Waals surface area contributed by atoms with Crippen molar-refractivity contribution in [3.63, 3.8) is 0 Å². The second kappa shape index (κ2) is 23.6. The molecule has 376 valence electrons. The zero-order valence-corrected chi connectivity index (χ0v) is 43.4. The fourth-order valence-electron chi connectivity index (χ4n) is 9.93. The third-order valence-electron chi connectivity index (χ3n) is 14.4. The van der Waals surface area contributed by atoms with Crippen LogP contribution in [-0.2, 0) is 22.2 Å². The SMILES string of the molecule is Cc1cc(C)c(C(=O)P(=O)(c2ccccc2)c2ccccc2)c(C)c1CN(CCCN(Cc1c(C)cc(C)c(C(=O)P(=O)(c2ccccc2)c2ccccc2)c1C)C(CO)(CO)CO)C(CO)(CO)CO. The van der Waals surface area contributed by atoms with Crippen molar-refractivity contribution >= 4 is 46.6 Å². The summed E-state index contributed by atoms with van der Waals surface area (Å²) in [5.41, 5.74) is 1.70. The summed E-state index contributed by atoms with van der Waals surface area (Å²) < 4.78 is 30.7. The Morgan fingerprint density at radius 2 is 0.676 bits per heavy atom. The number of rotatable bonds is 24. The van der Waals surface area contributed by atoms with E-state index in [1.807, 2.05) is 26.0 Å². The molecule has 0 saturated carbocycles. The summed E-state index contributed by atoms with van der Waals surface area (Å²) in [6.45, 7) is 7.45. The van der Waals surface area contributed by atoms with E-state index >= 15 is 18.7 Å². The van der Waals surface area contributed by atoms with E-state index in [-0.39, 0.29) is 32.6 Å². The van der Waals surface area contributed by atoms with E-state index in [1.54, 1.807) is 159 Å². The molecule has 0 saturated heterocycles. The number of aryl methyl sites for hydroxylation is 4. The van der Waals surface area contributed by atoms with Crippen LogP contribution in [0.4, 0.5) is 0 Å². The maximum Gasteiger partial charge on any atom is 0.230 e. The molecule has 0 atom stereocenters. The molecular weight excluding hydrogens is 935 g/mol. The minimum atomic E-state index is -3.92. The van der Waals surface area contributed by atoms with E-state index in [4.69, 9.17) is 0 Å². The van der Waals surface area contributed by atoms with Gasteiger partial charge in [-0.25, -0.2) is 0 Å². The van der Waals surface area contributed by atoms with Gasteiger partial charge in [-0.1, -0.05) is 133 Å². The highest BCUT2D eigenvalue weighted by Crippen LogP contribution is 2.50. The second-order valence-electron chi connectivity index (χ2n) is 18.7. The topological polar surface area (TPSA) is 196 Å². The van der Waals surface area contributed by atoms with Gasteiger partial charge in [0.15, 0.2) is 0 Å². The maximum absolute atomic E-state index is 15.4. The lowest BCUT2D eigenvalue weighted by Crippen LogP contribution is -2.59. The lowest BCUT2D eigenvalue weighted by atomic mass is 9.91. The lowest BCUT2D eigenvalue weighted by Gasteiger charge is -2.43. The van der Waals surface area contributed by atoms with Crippen LogP contribution in [0.5, 0.6) is 0 Å². The van der Waals surface area contributed by atoms with E-state index in [0.29, 0.717) is 65.7 Å². The Labute approximate surface area is 418 Å². The number of aliphatic hydroxyl groups excluding tert-OH is 6. The average molecular weight is 1000 g/mol. The molecule has 12 nitrogen and oxygen atoms in total. The summed E-state index contributed by atoms with van der Waals surface area (Å²) >= 11 is 0. The van der Waals surface area contributed by atoms with Gasteiger partial charge in [0.2, 0.25) is 25.3 Å². The maximum atomic E-state index is 15.4. The van der Waals surface area contributed by atoms with Gasteiger partial charge in [-0.2, -0.15) is 0 Å². The molecule has 71 heavy (non-hydrogen) atoms. The van der Waals surface area contributed by atoms with E-state index in [9.17, 15) is 30.6 Å². The molecule has 0 aromatic heterocycles. The van der Waals surface area contributed by atoms with Crippen LogP contribution in [0.15, 0.2) is 133 Å². The van der Waals surface area contributed by atoms with Gasteiger partial charge in [-0.15, -0.1) is 0 Å². The molecule has 6 N–H and O–H groups in total. The molecule has 0 fully saturated rings. The molecule has 6 aromatic carbocycles. The van der Waals surface area contributed by atoms with E-state index in [1.165, 1.54) is 0 Å². The van der Waals surface area contributed by atoms with Crippen LogP contribution in [-0.4, -0.2) is 115 Å². The molecule has 0 spiro atoms. The van der Waals surface area contributed by atoms with Gasteiger partial charge in [0.25, 0.3) is 0 Å². The van der Waals surface area contributed by atoms with Crippen LogP contribution in [0.3, 0.4) is 0 Å². The van der Waals surface area contributed by atoms with Crippen LogP contribution in [0, 0.1) is 41.5 Å². The fourth-order valence-corrected chi connectivity index (χ4v) is 15.2. The third kappa shape index (κ3) is 10.7. The number of hydrogen-bond acceptors (Lipinski definition) is 12. The Balaban J connectivity index is 1.39. The predicted octanol–water partition coefficient (Wildman–Crippen LogP) is 5.97. The molecule has 0 bridgehead atoms. The van der Waals surface area contributed by atoms with Gasteiger partial charge in [0.05, 0.1) is 50.7 Å². The summed E-state index contributed by atoms with van der Waals surface area (Å²) in [6, 6.07) is 38.5. The summed E-state index contributed by atoms with van der Waals surface area (Å²) in [4.78, 5) is 33.5. The summed E-state index contributed by atoms with van der Waals surface area (Å²) in [5.74, 6) is 0. The van der Waals surface area contributed by atoms with Crippen LogP contribution in [0.25, 0.3) is 0 Å². The standard InChI is InChI=1S/C57H68N2O10P2/c1-40-30-42(3)52(54(66)70(68,46-20-11-7-12-21-46)47-22-13-8-14-23-47)44(5)50(40)32-58(56(34-60,35-61)36-62)28-19-29-59(57(37-63,38-64)39-65)33-51-41(2)31-43(4)53(45(51)6)55(67)71(69,48-24-15-9-16-25-48)49-26-17-10-18-27-49/h7-18,20-27,30-31,60-65H,19,28-29,32-39H2,1-6H3. The Bertz CT molecular complexity index is 2590. The van der Waals surface area contributed by atoms with Crippen molar-refractivity contribution in [1.82, 2.24) is 9.80 Å². The first-order valence-electron chi connectivity index (χ1n) is 23.9. The summed E-state index contributed by atoms with van der Waals surface area (Å²) in [6.07, 6.45) is 0.240. The first-order chi connectivity index (χ1) is 34.0. The first-order valence-corrected chi connectivity index (χ1v) is 27.3. The molecule has 6 rings (SSSR count). The second-order valence-corrected chi connectivity index (χ2v) is 24.1. The van der Waals surface area contributed by atoms with Crippen molar-refractivity contribution in [2.45, 2.75) is 72.1 Å². The fraction of sp³-hybridized carbons (Fsp3) is 0.333. The summed E-state index contributed by atoms with van der Waals surface area (Å²) in [7, 11) is -7.84. The molecule has 0 unspecified atom stereocenters. The van der Waals surface area contributed by atoms with Gasteiger partial charge in [0.1, 0.15) is 0 Å². The number of benzene rings is 6. The monoisotopic (exact) mass is 1000 g/mol. The first kappa shape index (κ1) is 55.1. The molecule has 14 heteroatoms. The Morgan fingerprint density at radius 3 is 0.915 bits per heavy atom. The molecular formula is C57H68N2O10P2. The van der Waals surface area contributed by atoms with Crippen molar-refractivity contribution in [2.24, 2.45) is 0 Å². The number of hydrogen-bond donors (Lipinski definition) is 6. The van der Waals surface area contributed by atoms with Crippen LogP contribution in [0.2, 0.25) is 0 Å². The Kier molecular flexibility index (Phi) is 18.3. The normalized spacial score (nSPS) is 12.5. The Hall–Kier alpha value is -5.20. The van der Waals surface area contributed by atoms with Gasteiger partial charge in [0, 0.05) is 58.5 Å². The van der Waals surface area contributed by atoms with Crippen molar-refractivity contribution < 1.29 is 49.4 Å². The van der Waals surface area contributed by atoms with E-state index in [0.717, 1.165) is 11.1 Å². The van der Waals surface area contributed by atoms with Gasteiger partial charge in [-0.05, 0) is 92.5 Å². The van der Waals surface area contributed by atoms with Crippen LogP contribution >= 0.6 is 14.3 Å². The Morgan fingerprint density at radius 1 is 0.423 bits per heavy atom. The molecule has 0 aliphatic heterocycles. The van der Waals surface area contributed by atoms with Crippen molar-refractivity contribution in [3.05, 3.63) is 189 Å². The number of carbonyl (C=O) groups excluding carboxylic acids is 2. The van der Waals surface area contributed by atoms with Crippen molar-refractivity contribution in [1.29, 1.82) is 0 Å². The minimum absolute atomic E-state index is 0.0383. The van der Waals surface area contributed by atoms with Gasteiger partial charge in [-0.3, -0.25) is 19.4 Å². The van der Waals surface area contributed by atoms with Gasteiger partial charge >= 0.3 is 0 Å². The number of carbonyl (C=O) groups is 2. The van der Waals surface area contributed by atoms with Crippen LogP contribution < -0.4 is 21.2 Å². The zero-order valence-electron chi connectivity index (χ0n) is 41.6. The highest BCUT2D eigenvalue weighted by molar-refractivity contribution is 7.94.